The van der Waals surface area contributed by atoms with E-state index >= 15 is 0 Å². The Morgan fingerprint density at radius 1 is 1.24 bits per heavy atom. The Morgan fingerprint density at radius 2 is 1.97 bits per heavy atom. The van der Waals surface area contributed by atoms with Crippen molar-refractivity contribution in [2.24, 2.45) is 5.92 Å². The number of carboxylic acids is 1. The lowest BCUT2D eigenvalue weighted by atomic mass is 10.00. The standard InChI is InChI=1S/C22H27N7S.C2H4O2/c1-14(2)19-13-28(20-12-15(3)25-21(23)27-20)10-11-29(19)22(30)26-18-8-4-7-17-16(18)6-5-9-24-17;1-2(3)4/h4-9,12,14,19H,10-11,13H2,1-3H3,(H,26,30)(H2,23,25,27);1H3,(H,3,4). The highest BCUT2D eigenvalue weighted by atomic mass is 32.1. The van der Waals surface area contributed by atoms with Gasteiger partial charge in [0.1, 0.15) is 5.82 Å². The van der Waals surface area contributed by atoms with Crippen LogP contribution in [-0.2, 0) is 4.79 Å². The Kier molecular flexibility index (Phi) is 8.17. The van der Waals surface area contributed by atoms with Gasteiger partial charge in [0, 0.05) is 55.6 Å². The number of piperazine rings is 1. The Bertz CT molecular complexity index is 1140. The molecule has 3 aromatic rings. The van der Waals surface area contributed by atoms with Crippen LogP contribution in [-0.4, -0.2) is 61.7 Å². The summed E-state index contributed by atoms with van der Waals surface area (Å²) in [6, 6.07) is 12.3. The first-order valence-corrected chi connectivity index (χ1v) is 11.5. The first kappa shape index (κ1) is 25.1. The van der Waals surface area contributed by atoms with E-state index in [0.29, 0.717) is 11.9 Å². The molecule has 2 aromatic heterocycles. The van der Waals surface area contributed by atoms with Crippen LogP contribution in [0.4, 0.5) is 17.5 Å². The van der Waals surface area contributed by atoms with Crippen LogP contribution >= 0.6 is 12.2 Å². The topological polar surface area (TPSA) is 120 Å². The Hall–Kier alpha value is -3.53. The number of hydrogen-bond donors (Lipinski definition) is 3. The second-order valence-electron chi connectivity index (χ2n) is 8.50. The van der Waals surface area contributed by atoms with Crippen molar-refractivity contribution >= 4 is 51.7 Å². The summed E-state index contributed by atoms with van der Waals surface area (Å²) < 4.78 is 0. The molecule has 0 saturated carbocycles. The van der Waals surface area contributed by atoms with Gasteiger partial charge < -0.3 is 26.0 Å². The predicted octanol–water partition coefficient (Wildman–Crippen LogP) is 3.55. The third-order valence-electron chi connectivity index (χ3n) is 5.52. The maximum absolute atomic E-state index is 9.00. The van der Waals surface area contributed by atoms with Gasteiger partial charge in [-0.1, -0.05) is 19.9 Å². The maximum atomic E-state index is 9.00. The summed E-state index contributed by atoms with van der Waals surface area (Å²) in [6.07, 6.45) is 1.81. The van der Waals surface area contributed by atoms with E-state index in [-0.39, 0.29) is 6.04 Å². The van der Waals surface area contributed by atoms with E-state index in [2.05, 4.69) is 50.0 Å². The first-order valence-electron chi connectivity index (χ1n) is 11.1. The quantitative estimate of drug-likeness (QED) is 0.479. The summed E-state index contributed by atoms with van der Waals surface area (Å²) in [4.78, 5) is 26.6. The van der Waals surface area contributed by atoms with E-state index in [1.807, 2.05) is 37.3 Å². The summed E-state index contributed by atoms with van der Waals surface area (Å²) >= 11 is 5.84. The minimum absolute atomic E-state index is 0.253. The zero-order valence-corrected chi connectivity index (χ0v) is 20.7. The van der Waals surface area contributed by atoms with Gasteiger partial charge in [-0.05, 0) is 49.3 Å². The molecule has 180 valence electrons. The molecule has 4 N–H and O–H groups in total. The monoisotopic (exact) mass is 481 g/mol. The molecule has 9 nitrogen and oxygen atoms in total. The molecule has 3 heterocycles. The molecule has 0 aliphatic carbocycles. The lowest BCUT2D eigenvalue weighted by Gasteiger charge is -2.45. The highest BCUT2D eigenvalue weighted by Crippen LogP contribution is 2.25. The summed E-state index contributed by atoms with van der Waals surface area (Å²) in [5.74, 6) is 0.779. The number of fused-ring (bicyclic) bond motifs is 1. The van der Waals surface area contributed by atoms with E-state index in [4.69, 9.17) is 27.9 Å². The van der Waals surface area contributed by atoms with Crippen molar-refractivity contribution in [2.75, 3.05) is 35.6 Å². The van der Waals surface area contributed by atoms with E-state index in [1.165, 1.54) is 0 Å². The van der Waals surface area contributed by atoms with E-state index < -0.39 is 5.97 Å². The number of thiocarbonyl (C=S) groups is 1. The highest BCUT2D eigenvalue weighted by molar-refractivity contribution is 7.80. The number of rotatable bonds is 3. The van der Waals surface area contributed by atoms with Crippen molar-refractivity contribution in [3.8, 4) is 0 Å². The van der Waals surface area contributed by atoms with Gasteiger partial charge in [-0.15, -0.1) is 0 Å². The lowest BCUT2D eigenvalue weighted by Crippen LogP contribution is -2.58. The molecule has 0 spiro atoms. The summed E-state index contributed by atoms with van der Waals surface area (Å²) in [6.45, 7) is 9.93. The molecule has 10 heteroatoms. The van der Waals surface area contributed by atoms with Crippen LogP contribution in [0.15, 0.2) is 42.6 Å². The molecule has 1 unspecified atom stereocenters. The van der Waals surface area contributed by atoms with Crippen molar-refractivity contribution in [3.63, 3.8) is 0 Å². The van der Waals surface area contributed by atoms with Crippen LogP contribution in [0.3, 0.4) is 0 Å². The number of nitrogens with zero attached hydrogens (tertiary/aromatic N) is 5. The number of anilines is 3. The number of aliphatic carboxylic acids is 1. The van der Waals surface area contributed by atoms with Crippen molar-refractivity contribution in [1.29, 1.82) is 0 Å². The number of nitrogens with two attached hydrogens (primary N) is 1. The smallest absolute Gasteiger partial charge is 0.300 e. The minimum Gasteiger partial charge on any atom is -0.481 e. The molecular formula is C24H31N7O2S. The zero-order chi connectivity index (χ0) is 24.8. The molecule has 1 saturated heterocycles. The van der Waals surface area contributed by atoms with Gasteiger partial charge in [-0.2, -0.15) is 4.98 Å². The second-order valence-corrected chi connectivity index (χ2v) is 8.89. The number of nitrogen functional groups attached to an aromatic ring is 1. The third-order valence-corrected chi connectivity index (χ3v) is 5.85. The molecule has 0 bridgehead atoms. The number of carbonyl (C=O) groups is 1. The van der Waals surface area contributed by atoms with Crippen molar-refractivity contribution in [2.45, 2.75) is 33.7 Å². The normalized spacial score (nSPS) is 15.6. The average molecular weight is 482 g/mol. The van der Waals surface area contributed by atoms with Gasteiger partial charge >= 0.3 is 0 Å². The number of pyridine rings is 1. The Balaban J connectivity index is 0.000000751. The van der Waals surface area contributed by atoms with E-state index in [0.717, 1.165) is 59.8 Å². The summed E-state index contributed by atoms with van der Waals surface area (Å²) in [7, 11) is 0. The predicted molar refractivity (Wildman–Crippen MR) is 140 cm³/mol. The molecule has 0 radical (unpaired) electrons. The maximum Gasteiger partial charge on any atom is 0.300 e. The van der Waals surface area contributed by atoms with Crippen LogP contribution in [0.25, 0.3) is 10.9 Å². The number of nitrogens with one attached hydrogen (secondary N) is 1. The molecule has 1 atom stereocenters. The number of benzene rings is 1. The number of hydrogen-bond acceptors (Lipinski definition) is 7. The van der Waals surface area contributed by atoms with Crippen molar-refractivity contribution in [3.05, 3.63) is 48.3 Å². The Morgan fingerprint density at radius 3 is 2.65 bits per heavy atom. The SMILES string of the molecule is CC(=O)O.Cc1cc(N2CCN(C(=S)Nc3cccc4ncccc34)C(C(C)C)C2)nc(N)n1. The van der Waals surface area contributed by atoms with Gasteiger partial charge in [0.25, 0.3) is 5.97 Å². The average Bonchev–Trinajstić information content (AvgIpc) is 2.78. The van der Waals surface area contributed by atoms with Gasteiger partial charge in [0.05, 0.1) is 11.6 Å². The zero-order valence-electron chi connectivity index (χ0n) is 19.9. The lowest BCUT2D eigenvalue weighted by molar-refractivity contribution is -0.134. The van der Waals surface area contributed by atoms with Crippen LogP contribution < -0.4 is 16.0 Å². The van der Waals surface area contributed by atoms with E-state index in [1.54, 1.807) is 6.20 Å². The Labute approximate surface area is 205 Å². The fourth-order valence-electron chi connectivity index (χ4n) is 3.98. The number of aromatic nitrogens is 3. The van der Waals surface area contributed by atoms with Crippen LogP contribution in [0.1, 0.15) is 26.5 Å². The molecular weight excluding hydrogens is 450 g/mol. The van der Waals surface area contributed by atoms with Crippen LogP contribution in [0, 0.1) is 12.8 Å². The van der Waals surface area contributed by atoms with Crippen molar-refractivity contribution in [1.82, 2.24) is 19.9 Å². The number of aryl methyl sites for hydroxylation is 1. The molecule has 1 aromatic carbocycles. The molecule has 1 aliphatic heterocycles. The molecule has 1 aliphatic rings. The van der Waals surface area contributed by atoms with Crippen LogP contribution in [0.2, 0.25) is 0 Å². The highest BCUT2D eigenvalue weighted by Gasteiger charge is 2.31. The number of carboxylic acid groups (broad SMARTS) is 1. The van der Waals surface area contributed by atoms with Gasteiger partial charge in [0.2, 0.25) is 5.95 Å². The van der Waals surface area contributed by atoms with Gasteiger partial charge in [-0.25, -0.2) is 4.98 Å². The summed E-state index contributed by atoms with van der Waals surface area (Å²) in [5, 5.41) is 12.7. The second kappa shape index (κ2) is 11.1. The van der Waals surface area contributed by atoms with Gasteiger partial charge in [-0.3, -0.25) is 9.78 Å². The van der Waals surface area contributed by atoms with E-state index in [9.17, 15) is 0 Å². The fourth-order valence-corrected chi connectivity index (χ4v) is 4.31. The molecule has 4 rings (SSSR count). The minimum atomic E-state index is -0.833. The third kappa shape index (κ3) is 6.28. The molecule has 1 fully saturated rings. The van der Waals surface area contributed by atoms with Crippen LogP contribution in [0.5, 0.6) is 0 Å². The first-order chi connectivity index (χ1) is 16.2. The molecule has 34 heavy (non-hydrogen) atoms. The fraction of sp³-hybridized carbons (Fsp3) is 0.375. The van der Waals surface area contributed by atoms with Crippen molar-refractivity contribution < 1.29 is 9.90 Å². The summed E-state index contributed by atoms with van der Waals surface area (Å²) in [5.41, 5.74) is 8.68. The van der Waals surface area contributed by atoms with Gasteiger partial charge in [0.15, 0.2) is 5.11 Å². The largest absolute Gasteiger partial charge is 0.481 e. The molecule has 0 amide bonds.